The Balaban J connectivity index is 2.10. The van der Waals surface area contributed by atoms with Gasteiger partial charge < -0.3 is 13.6 Å². The Kier molecular flexibility index (Phi) is 5.74. The third-order valence-electron chi connectivity index (χ3n) is 4.10. The second-order valence-electron chi connectivity index (χ2n) is 6.15. The molecule has 0 aliphatic heterocycles. The third-order valence-corrected chi connectivity index (χ3v) is 6.11. The molecule has 1 saturated carbocycles. The van der Waals surface area contributed by atoms with Crippen molar-refractivity contribution in [3.63, 3.8) is 0 Å². The lowest BCUT2D eigenvalue weighted by Crippen LogP contribution is -2.10. The zero-order valence-electron chi connectivity index (χ0n) is 15.0. The second kappa shape index (κ2) is 7.73. The molecule has 1 aliphatic carbocycles. The minimum Gasteiger partial charge on any atom is -0.360 e. The molecule has 0 unspecified atom stereocenters. The highest BCUT2D eigenvalue weighted by Crippen LogP contribution is 2.55. The minimum absolute atomic E-state index is 0.0167. The molecule has 0 aromatic carbocycles. The third kappa shape index (κ3) is 4.42. The van der Waals surface area contributed by atoms with Gasteiger partial charge in [0, 0.05) is 23.2 Å². The Bertz CT molecular complexity index is 839. The van der Waals surface area contributed by atoms with Crippen LogP contribution in [0, 0.1) is 0 Å². The average Bonchev–Trinajstić information content (AvgIpc) is 3.36. The molecule has 0 bridgehead atoms. The Morgan fingerprint density at radius 1 is 1.26 bits per heavy atom. The molecule has 0 saturated heterocycles. The van der Waals surface area contributed by atoms with Crippen LogP contribution in [0.2, 0.25) is 0 Å². The maximum atomic E-state index is 13.4. The predicted molar refractivity (Wildman–Crippen MR) is 91.3 cm³/mol. The first kappa shape index (κ1) is 20.0. The monoisotopic (exact) mass is 404 g/mol. The van der Waals surface area contributed by atoms with Crippen molar-refractivity contribution in [1.82, 2.24) is 10.1 Å². The van der Waals surface area contributed by atoms with Gasteiger partial charge in [0.1, 0.15) is 11.5 Å². The van der Waals surface area contributed by atoms with Crippen LogP contribution in [0.5, 0.6) is 0 Å². The van der Waals surface area contributed by atoms with Crippen LogP contribution in [0.4, 0.5) is 13.2 Å². The van der Waals surface area contributed by atoms with E-state index >= 15 is 0 Å². The van der Waals surface area contributed by atoms with Gasteiger partial charge in [-0.05, 0) is 38.8 Å². The molecular formula is C17H20F3N2O4P. The zero-order valence-corrected chi connectivity index (χ0v) is 15.8. The summed E-state index contributed by atoms with van der Waals surface area (Å²) in [6.45, 7) is 3.64. The lowest BCUT2D eigenvalue weighted by molar-refractivity contribution is -0.140. The number of nitrogens with zero attached hydrogens (tertiary/aromatic N) is 2. The van der Waals surface area contributed by atoms with Gasteiger partial charge in [0.15, 0.2) is 5.69 Å². The molecule has 2 aromatic heterocycles. The molecule has 0 radical (unpaired) electrons. The molecule has 6 nitrogen and oxygen atoms in total. The Hall–Kier alpha value is -1.70. The van der Waals surface area contributed by atoms with Gasteiger partial charge in [-0.1, -0.05) is 5.16 Å². The molecule has 1 fully saturated rings. The van der Waals surface area contributed by atoms with Crippen molar-refractivity contribution in [3.05, 3.63) is 35.3 Å². The van der Waals surface area contributed by atoms with Crippen LogP contribution in [0.15, 0.2) is 22.9 Å². The summed E-state index contributed by atoms with van der Waals surface area (Å²) in [7, 11) is -3.55. The van der Waals surface area contributed by atoms with E-state index in [0.717, 1.165) is 19.0 Å². The van der Waals surface area contributed by atoms with E-state index in [1.807, 2.05) is 0 Å². The number of rotatable bonds is 8. The fourth-order valence-corrected chi connectivity index (χ4v) is 4.63. The molecule has 27 heavy (non-hydrogen) atoms. The highest BCUT2D eigenvalue weighted by molar-refractivity contribution is 7.53. The highest BCUT2D eigenvalue weighted by Gasteiger charge is 2.40. The van der Waals surface area contributed by atoms with Gasteiger partial charge in [-0.2, -0.15) is 13.2 Å². The molecule has 10 heteroatoms. The van der Waals surface area contributed by atoms with Crippen LogP contribution in [-0.2, 0) is 26.0 Å². The summed E-state index contributed by atoms with van der Waals surface area (Å²) in [5.74, 6) is 0.505. The van der Waals surface area contributed by atoms with E-state index in [9.17, 15) is 17.7 Å². The maximum Gasteiger partial charge on any atom is 0.434 e. The zero-order chi connectivity index (χ0) is 19.7. The van der Waals surface area contributed by atoms with Crippen LogP contribution in [0.1, 0.15) is 49.6 Å². The van der Waals surface area contributed by atoms with Crippen molar-refractivity contribution in [3.8, 4) is 11.3 Å². The fraction of sp³-hybridized carbons (Fsp3) is 0.529. The molecule has 1 aliphatic rings. The lowest BCUT2D eigenvalue weighted by atomic mass is 10.0. The molecule has 148 valence electrons. The van der Waals surface area contributed by atoms with Crippen molar-refractivity contribution in [1.29, 1.82) is 0 Å². The van der Waals surface area contributed by atoms with Crippen LogP contribution in [0.25, 0.3) is 11.3 Å². The van der Waals surface area contributed by atoms with Crippen molar-refractivity contribution >= 4 is 7.60 Å². The van der Waals surface area contributed by atoms with Gasteiger partial charge >= 0.3 is 13.8 Å². The summed E-state index contributed by atoms with van der Waals surface area (Å²) in [6, 6.07) is 2.67. The standard InChI is InChI=1S/C17H20F3N2O4P/c1-3-24-27(23,25-4-2)10-13-14(22-26-15(13)11-7-8-11)12-6-5-9-21-16(12)17(18,19)20/h5-6,9,11H,3-4,7-8,10H2,1-2H3. The van der Waals surface area contributed by atoms with E-state index in [-0.39, 0.29) is 36.6 Å². The van der Waals surface area contributed by atoms with Crippen LogP contribution in [-0.4, -0.2) is 23.4 Å². The van der Waals surface area contributed by atoms with E-state index in [1.165, 1.54) is 12.1 Å². The summed E-state index contributed by atoms with van der Waals surface area (Å²) in [5, 5.41) is 3.88. The smallest absolute Gasteiger partial charge is 0.360 e. The summed E-state index contributed by atoms with van der Waals surface area (Å²) in [6.07, 6.45) is -2.11. The van der Waals surface area contributed by atoms with Gasteiger partial charge in [-0.15, -0.1) is 0 Å². The molecule has 0 amide bonds. The molecule has 2 aromatic rings. The molecular weight excluding hydrogens is 384 g/mol. The van der Waals surface area contributed by atoms with Gasteiger partial charge in [-0.3, -0.25) is 9.55 Å². The Morgan fingerprint density at radius 3 is 2.48 bits per heavy atom. The highest BCUT2D eigenvalue weighted by atomic mass is 31.2. The lowest BCUT2D eigenvalue weighted by Gasteiger charge is -2.17. The quantitative estimate of drug-likeness (QED) is 0.549. The molecule has 3 rings (SSSR count). The first-order chi connectivity index (χ1) is 12.8. The number of alkyl halides is 3. The molecule has 2 heterocycles. The van der Waals surface area contributed by atoms with Crippen molar-refractivity contribution < 1.29 is 31.3 Å². The maximum absolute atomic E-state index is 13.4. The largest absolute Gasteiger partial charge is 0.434 e. The first-order valence-electron chi connectivity index (χ1n) is 8.68. The van der Waals surface area contributed by atoms with E-state index in [0.29, 0.717) is 11.3 Å². The van der Waals surface area contributed by atoms with Crippen molar-refractivity contribution in [2.45, 2.75) is 44.9 Å². The predicted octanol–water partition coefficient (Wildman–Crippen LogP) is 5.40. The van der Waals surface area contributed by atoms with Gasteiger partial charge in [0.05, 0.1) is 19.4 Å². The minimum atomic E-state index is -4.66. The Labute approximate surface area is 154 Å². The summed E-state index contributed by atoms with van der Waals surface area (Å²) < 4.78 is 69.2. The average molecular weight is 404 g/mol. The van der Waals surface area contributed by atoms with Gasteiger partial charge in [-0.25, -0.2) is 0 Å². The van der Waals surface area contributed by atoms with E-state index in [2.05, 4.69) is 10.1 Å². The van der Waals surface area contributed by atoms with E-state index in [4.69, 9.17) is 13.6 Å². The van der Waals surface area contributed by atoms with Gasteiger partial charge in [0.25, 0.3) is 0 Å². The molecule has 0 spiro atoms. The second-order valence-corrected chi connectivity index (χ2v) is 8.20. The van der Waals surface area contributed by atoms with Crippen LogP contribution < -0.4 is 0 Å². The number of hydrogen-bond donors (Lipinski definition) is 0. The summed E-state index contributed by atoms with van der Waals surface area (Å²) >= 11 is 0. The van der Waals surface area contributed by atoms with E-state index < -0.39 is 19.5 Å². The number of halogens is 3. The fourth-order valence-electron chi connectivity index (χ4n) is 2.89. The van der Waals surface area contributed by atoms with Gasteiger partial charge in [0.2, 0.25) is 0 Å². The van der Waals surface area contributed by atoms with E-state index in [1.54, 1.807) is 13.8 Å². The Morgan fingerprint density at radius 2 is 1.93 bits per heavy atom. The molecule has 0 atom stereocenters. The summed E-state index contributed by atoms with van der Waals surface area (Å²) in [4.78, 5) is 3.47. The topological polar surface area (TPSA) is 74.5 Å². The van der Waals surface area contributed by atoms with Crippen LogP contribution >= 0.6 is 7.60 Å². The first-order valence-corrected chi connectivity index (χ1v) is 10.4. The number of pyridine rings is 1. The van der Waals surface area contributed by atoms with Crippen LogP contribution in [0.3, 0.4) is 0 Å². The van der Waals surface area contributed by atoms with Crippen molar-refractivity contribution in [2.75, 3.05) is 13.2 Å². The SMILES string of the molecule is CCOP(=O)(Cc1c(-c2cccnc2C(F)(F)F)noc1C1CC1)OCC. The number of hydrogen-bond acceptors (Lipinski definition) is 6. The molecule has 0 N–H and O–H groups in total. The van der Waals surface area contributed by atoms with Crippen molar-refractivity contribution in [2.24, 2.45) is 0 Å². The normalized spacial score (nSPS) is 15.3. The summed E-state index contributed by atoms with van der Waals surface area (Å²) in [5.41, 5.74) is -0.960. The number of aromatic nitrogens is 2.